The lowest BCUT2D eigenvalue weighted by Crippen LogP contribution is -2.32. The van der Waals surface area contributed by atoms with Gasteiger partial charge in [-0.3, -0.25) is 9.59 Å². The monoisotopic (exact) mass is 300 g/mol. The van der Waals surface area contributed by atoms with E-state index in [4.69, 9.17) is 0 Å². The van der Waals surface area contributed by atoms with Gasteiger partial charge in [-0.2, -0.15) is 0 Å². The van der Waals surface area contributed by atoms with Crippen molar-refractivity contribution >= 4 is 23.6 Å². The molecule has 0 aliphatic carbocycles. The van der Waals surface area contributed by atoms with Crippen molar-refractivity contribution in [2.75, 3.05) is 19.3 Å². The maximum Gasteiger partial charge on any atom is 0.233 e. The average molecular weight is 300 g/mol. The highest BCUT2D eigenvalue weighted by Crippen LogP contribution is 2.39. The molecule has 4 nitrogen and oxygen atoms in total. The molecule has 1 heterocycles. The quantitative estimate of drug-likeness (QED) is 0.920. The molecule has 1 N–H and O–H groups in total. The smallest absolute Gasteiger partial charge is 0.233 e. The Balaban J connectivity index is 2.17. The van der Waals surface area contributed by atoms with E-state index >= 15 is 0 Å². The van der Waals surface area contributed by atoms with E-state index in [1.165, 1.54) is 35.8 Å². The van der Waals surface area contributed by atoms with E-state index in [1.807, 2.05) is 0 Å². The van der Waals surface area contributed by atoms with Crippen LogP contribution in [-0.4, -0.2) is 36.1 Å². The third kappa shape index (κ3) is 3.09. The van der Waals surface area contributed by atoms with Crippen LogP contribution in [0, 0.1) is 11.6 Å². The van der Waals surface area contributed by atoms with Crippen molar-refractivity contribution in [2.24, 2.45) is 0 Å². The third-order valence-corrected chi connectivity index (χ3v) is 4.29. The van der Waals surface area contributed by atoms with Gasteiger partial charge in [0.1, 0.15) is 17.0 Å². The second-order valence-corrected chi connectivity index (χ2v) is 5.41. The normalized spacial score (nSPS) is 18.4. The number of hydrogen-bond acceptors (Lipinski definition) is 3. The van der Waals surface area contributed by atoms with Crippen molar-refractivity contribution in [1.82, 2.24) is 10.2 Å². The lowest BCUT2D eigenvalue weighted by molar-refractivity contribution is -0.129. The maximum atomic E-state index is 13.8. The van der Waals surface area contributed by atoms with Crippen LogP contribution in [0.4, 0.5) is 8.78 Å². The summed E-state index contributed by atoms with van der Waals surface area (Å²) in [5.41, 5.74) is 0.263. The Morgan fingerprint density at radius 1 is 1.50 bits per heavy atom. The molecule has 7 heteroatoms. The van der Waals surface area contributed by atoms with Crippen LogP contribution in [0.2, 0.25) is 0 Å². The minimum atomic E-state index is -0.679. The molecule has 108 valence electrons. The Labute approximate surface area is 119 Å². The molecule has 1 saturated heterocycles. The third-order valence-electron chi connectivity index (χ3n) is 3.06. The Morgan fingerprint density at radius 3 is 2.90 bits per heavy atom. The Morgan fingerprint density at radius 2 is 2.25 bits per heavy atom. The Kier molecular flexibility index (Phi) is 4.59. The summed E-state index contributed by atoms with van der Waals surface area (Å²) in [6.45, 7) is 0.215. The predicted molar refractivity (Wildman–Crippen MR) is 72.0 cm³/mol. The first kappa shape index (κ1) is 14.8. The van der Waals surface area contributed by atoms with Gasteiger partial charge in [0.2, 0.25) is 11.8 Å². The zero-order chi connectivity index (χ0) is 14.7. The van der Waals surface area contributed by atoms with E-state index in [0.29, 0.717) is 0 Å². The number of amides is 2. The van der Waals surface area contributed by atoms with Gasteiger partial charge >= 0.3 is 0 Å². The van der Waals surface area contributed by atoms with Gasteiger partial charge < -0.3 is 10.2 Å². The van der Waals surface area contributed by atoms with E-state index in [0.717, 1.165) is 6.07 Å². The van der Waals surface area contributed by atoms with Crippen molar-refractivity contribution < 1.29 is 18.4 Å². The predicted octanol–water partition coefficient (Wildman–Crippen LogP) is 1.67. The molecule has 1 aliphatic rings. The molecule has 0 bridgehead atoms. The van der Waals surface area contributed by atoms with Gasteiger partial charge in [-0.25, -0.2) is 8.78 Å². The van der Waals surface area contributed by atoms with E-state index in [-0.39, 0.29) is 36.1 Å². The summed E-state index contributed by atoms with van der Waals surface area (Å²) < 4.78 is 26.7. The summed E-state index contributed by atoms with van der Waals surface area (Å²) in [5, 5.41) is 1.96. The average Bonchev–Trinajstić information content (AvgIpc) is 2.77. The molecule has 1 unspecified atom stereocenters. The van der Waals surface area contributed by atoms with Crippen LogP contribution in [0.3, 0.4) is 0 Å². The van der Waals surface area contributed by atoms with Crippen molar-refractivity contribution in [3.8, 4) is 0 Å². The molecule has 2 rings (SSSR count). The number of hydrogen-bond donors (Lipinski definition) is 1. The van der Waals surface area contributed by atoms with Crippen molar-refractivity contribution in [3.63, 3.8) is 0 Å². The van der Waals surface area contributed by atoms with Gasteiger partial charge in [0.25, 0.3) is 0 Å². The summed E-state index contributed by atoms with van der Waals surface area (Å²) in [4.78, 5) is 24.5. The first-order valence-electron chi connectivity index (χ1n) is 6.09. The lowest BCUT2D eigenvalue weighted by Gasteiger charge is -2.24. The molecule has 1 fully saturated rings. The second kappa shape index (κ2) is 6.21. The molecule has 0 saturated carbocycles. The number of carbonyl (C=O) groups is 2. The van der Waals surface area contributed by atoms with Crippen LogP contribution in [0.1, 0.15) is 17.4 Å². The molecule has 2 amide bonds. The van der Waals surface area contributed by atoms with Gasteiger partial charge in [0, 0.05) is 31.6 Å². The molecule has 20 heavy (non-hydrogen) atoms. The fourth-order valence-electron chi connectivity index (χ4n) is 2.00. The van der Waals surface area contributed by atoms with Crippen LogP contribution in [-0.2, 0) is 9.59 Å². The number of thioether (sulfide) groups is 1. The highest BCUT2D eigenvalue weighted by atomic mass is 32.2. The second-order valence-electron chi connectivity index (χ2n) is 4.34. The molecular formula is C13H14F2N2O2S. The number of nitrogens with zero attached hydrogens (tertiary/aromatic N) is 1. The summed E-state index contributed by atoms with van der Waals surface area (Å²) in [6.07, 6.45) is 0.155. The van der Waals surface area contributed by atoms with E-state index in [2.05, 4.69) is 5.32 Å². The fourth-order valence-corrected chi connectivity index (χ4v) is 3.24. The van der Waals surface area contributed by atoms with Crippen LogP contribution >= 0.6 is 11.8 Å². The van der Waals surface area contributed by atoms with Crippen LogP contribution in [0.25, 0.3) is 0 Å². The van der Waals surface area contributed by atoms with E-state index in [9.17, 15) is 18.4 Å². The molecule has 0 radical (unpaired) electrons. The molecule has 1 aromatic carbocycles. The van der Waals surface area contributed by atoms with Crippen molar-refractivity contribution in [1.29, 1.82) is 0 Å². The van der Waals surface area contributed by atoms with E-state index < -0.39 is 17.0 Å². The number of benzene rings is 1. The van der Waals surface area contributed by atoms with Crippen LogP contribution in [0.5, 0.6) is 0 Å². The topological polar surface area (TPSA) is 49.4 Å². The van der Waals surface area contributed by atoms with Crippen LogP contribution < -0.4 is 5.32 Å². The first-order chi connectivity index (χ1) is 9.52. The number of halogens is 2. The number of rotatable bonds is 4. The lowest BCUT2D eigenvalue weighted by atomic mass is 10.2. The highest BCUT2D eigenvalue weighted by Gasteiger charge is 2.34. The van der Waals surface area contributed by atoms with Gasteiger partial charge in [-0.15, -0.1) is 11.8 Å². The van der Waals surface area contributed by atoms with Crippen molar-refractivity contribution in [2.45, 2.75) is 11.8 Å². The molecule has 0 aromatic heterocycles. The maximum absolute atomic E-state index is 13.8. The SMILES string of the molecule is CNC(=O)CCN1C(=O)CSC1c1ccc(F)cc1F. The first-order valence-corrected chi connectivity index (χ1v) is 7.14. The van der Waals surface area contributed by atoms with Gasteiger partial charge in [-0.05, 0) is 6.07 Å². The van der Waals surface area contributed by atoms with Gasteiger partial charge in [0.15, 0.2) is 0 Å². The molecule has 1 atom stereocenters. The summed E-state index contributed by atoms with van der Waals surface area (Å²) >= 11 is 1.27. The van der Waals surface area contributed by atoms with Gasteiger partial charge in [-0.1, -0.05) is 6.07 Å². The number of nitrogens with one attached hydrogen (secondary N) is 1. The summed E-state index contributed by atoms with van der Waals surface area (Å²) in [7, 11) is 1.51. The van der Waals surface area contributed by atoms with Gasteiger partial charge in [0.05, 0.1) is 5.75 Å². The fraction of sp³-hybridized carbons (Fsp3) is 0.385. The number of carbonyl (C=O) groups excluding carboxylic acids is 2. The zero-order valence-electron chi connectivity index (χ0n) is 10.9. The summed E-state index contributed by atoms with van der Waals surface area (Å²) in [6, 6.07) is 3.31. The Bertz CT molecular complexity index is 539. The minimum Gasteiger partial charge on any atom is -0.359 e. The molecule has 0 spiro atoms. The zero-order valence-corrected chi connectivity index (χ0v) is 11.7. The summed E-state index contributed by atoms with van der Waals surface area (Å²) in [5.74, 6) is -1.44. The molecule has 1 aromatic rings. The van der Waals surface area contributed by atoms with E-state index in [1.54, 1.807) is 0 Å². The Hall–Kier alpha value is -1.63. The molecule has 1 aliphatic heterocycles. The highest BCUT2D eigenvalue weighted by molar-refractivity contribution is 8.00. The largest absolute Gasteiger partial charge is 0.359 e. The molecular weight excluding hydrogens is 286 g/mol. The van der Waals surface area contributed by atoms with Crippen molar-refractivity contribution in [3.05, 3.63) is 35.4 Å². The van der Waals surface area contributed by atoms with Crippen LogP contribution in [0.15, 0.2) is 18.2 Å². The standard InChI is InChI=1S/C13H14F2N2O2S/c1-16-11(18)4-5-17-12(19)7-20-13(17)9-3-2-8(14)6-10(9)15/h2-3,6,13H,4-5,7H2,1H3,(H,16,18). The minimum absolute atomic E-state index is 0.146.